The molecule has 0 bridgehead atoms. The molecule has 1 fully saturated rings. The molecule has 1 aliphatic heterocycles. The van der Waals surface area contributed by atoms with Gasteiger partial charge in [-0.1, -0.05) is 6.92 Å². The number of nitro groups is 1. The van der Waals surface area contributed by atoms with E-state index in [1.54, 1.807) is 0 Å². The number of rotatable bonds is 3. The normalized spacial score (nSPS) is 22.2. The Morgan fingerprint density at radius 2 is 2.32 bits per heavy atom. The minimum absolute atomic E-state index is 0.115. The maximum Gasteiger partial charge on any atom is 0.292 e. The summed E-state index contributed by atoms with van der Waals surface area (Å²) >= 11 is 0. The summed E-state index contributed by atoms with van der Waals surface area (Å²) in [5.41, 5.74) is -0.434. The lowest BCUT2D eigenvalue weighted by atomic mass is 10.0. The summed E-state index contributed by atoms with van der Waals surface area (Å²) < 4.78 is 13.1. The molecular formula is C12H14FN3O3. The van der Waals surface area contributed by atoms with Gasteiger partial charge in [0.1, 0.15) is 11.5 Å². The van der Waals surface area contributed by atoms with Crippen molar-refractivity contribution in [2.45, 2.75) is 19.4 Å². The van der Waals surface area contributed by atoms with Crippen molar-refractivity contribution in [3.05, 3.63) is 34.1 Å². The average molecular weight is 267 g/mol. The Morgan fingerprint density at radius 3 is 2.89 bits per heavy atom. The molecule has 1 aromatic carbocycles. The second-order valence-corrected chi connectivity index (χ2v) is 4.61. The topological polar surface area (TPSA) is 84.3 Å². The van der Waals surface area contributed by atoms with E-state index in [9.17, 15) is 19.3 Å². The van der Waals surface area contributed by atoms with Gasteiger partial charge >= 0.3 is 0 Å². The molecule has 2 N–H and O–H groups in total. The largest absolute Gasteiger partial charge is 0.319 e. The van der Waals surface area contributed by atoms with Gasteiger partial charge in [-0.05, 0) is 24.9 Å². The molecule has 19 heavy (non-hydrogen) atoms. The van der Waals surface area contributed by atoms with Crippen molar-refractivity contribution in [3.63, 3.8) is 0 Å². The van der Waals surface area contributed by atoms with Gasteiger partial charge in [0.2, 0.25) is 5.91 Å². The molecule has 0 radical (unpaired) electrons. The fraction of sp³-hybridized carbons (Fsp3) is 0.417. The molecule has 7 heteroatoms. The van der Waals surface area contributed by atoms with Crippen LogP contribution in [0.15, 0.2) is 18.2 Å². The molecule has 0 saturated carbocycles. The molecule has 2 unspecified atom stereocenters. The number of benzene rings is 1. The van der Waals surface area contributed by atoms with Gasteiger partial charge in [0.25, 0.3) is 5.69 Å². The summed E-state index contributed by atoms with van der Waals surface area (Å²) in [4.78, 5) is 22.2. The molecular weight excluding hydrogens is 253 g/mol. The van der Waals surface area contributed by atoms with Crippen LogP contribution in [0.5, 0.6) is 0 Å². The number of carbonyl (C=O) groups is 1. The highest BCUT2D eigenvalue weighted by molar-refractivity contribution is 5.97. The highest BCUT2D eigenvalue weighted by Gasteiger charge is 2.30. The zero-order chi connectivity index (χ0) is 14.0. The van der Waals surface area contributed by atoms with Crippen LogP contribution in [0.25, 0.3) is 0 Å². The number of anilines is 1. The van der Waals surface area contributed by atoms with Crippen molar-refractivity contribution >= 4 is 17.3 Å². The molecule has 1 aliphatic rings. The molecule has 1 heterocycles. The predicted octanol–water partition coefficient (Wildman–Crippen LogP) is 1.67. The standard InChI is InChI=1S/C12H14FN3O3/c1-7-4-5-14-11(7)12(17)15-9-6-8(13)2-3-10(9)16(18)19/h2-3,6-7,11,14H,4-5H2,1H3,(H,15,17). The van der Waals surface area contributed by atoms with Crippen molar-refractivity contribution in [1.29, 1.82) is 0 Å². The van der Waals surface area contributed by atoms with E-state index in [1.807, 2.05) is 6.92 Å². The molecule has 0 aliphatic carbocycles. The van der Waals surface area contributed by atoms with E-state index in [-0.39, 0.29) is 23.2 Å². The fourth-order valence-electron chi connectivity index (χ4n) is 2.16. The van der Waals surface area contributed by atoms with Crippen LogP contribution in [0.3, 0.4) is 0 Å². The maximum absolute atomic E-state index is 13.1. The summed E-state index contributed by atoms with van der Waals surface area (Å²) in [6.07, 6.45) is 0.864. The van der Waals surface area contributed by atoms with Gasteiger partial charge < -0.3 is 10.6 Å². The number of nitro benzene ring substituents is 1. The van der Waals surface area contributed by atoms with Crippen molar-refractivity contribution in [1.82, 2.24) is 5.32 Å². The first kappa shape index (κ1) is 13.4. The molecule has 1 saturated heterocycles. The third-order valence-corrected chi connectivity index (χ3v) is 3.23. The van der Waals surface area contributed by atoms with Crippen LogP contribution in [0.4, 0.5) is 15.8 Å². The molecule has 0 aromatic heterocycles. The summed E-state index contributed by atoms with van der Waals surface area (Å²) in [5, 5.41) is 16.3. The number of amides is 1. The zero-order valence-corrected chi connectivity index (χ0v) is 10.4. The number of nitrogens with zero attached hydrogens (tertiary/aromatic N) is 1. The van der Waals surface area contributed by atoms with Crippen molar-refractivity contribution in [2.75, 3.05) is 11.9 Å². The molecule has 1 amide bonds. The van der Waals surface area contributed by atoms with Gasteiger partial charge in [-0.2, -0.15) is 0 Å². The van der Waals surface area contributed by atoms with E-state index >= 15 is 0 Å². The van der Waals surface area contributed by atoms with Crippen LogP contribution < -0.4 is 10.6 Å². The van der Waals surface area contributed by atoms with E-state index < -0.39 is 16.8 Å². The maximum atomic E-state index is 13.1. The van der Waals surface area contributed by atoms with Crippen molar-refractivity contribution in [3.8, 4) is 0 Å². The Kier molecular flexibility index (Phi) is 3.75. The predicted molar refractivity (Wildman–Crippen MR) is 67.3 cm³/mol. The summed E-state index contributed by atoms with van der Waals surface area (Å²) in [6, 6.07) is 2.58. The van der Waals surface area contributed by atoms with Gasteiger partial charge in [0, 0.05) is 12.1 Å². The summed E-state index contributed by atoms with van der Waals surface area (Å²) in [6.45, 7) is 2.65. The number of hydrogen-bond donors (Lipinski definition) is 2. The van der Waals surface area contributed by atoms with E-state index in [0.717, 1.165) is 31.2 Å². The Morgan fingerprint density at radius 1 is 1.58 bits per heavy atom. The molecule has 2 atom stereocenters. The fourth-order valence-corrected chi connectivity index (χ4v) is 2.16. The first-order valence-electron chi connectivity index (χ1n) is 5.97. The van der Waals surface area contributed by atoms with Crippen LogP contribution in [0.2, 0.25) is 0 Å². The quantitative estimate of drug-likeness (QED) is 0.644. The highest BCUT2D eigenvalue weighted by atomic mass is 19.1. The molecule has 1 aromatic rings. The molecule has 0 spiro atoms. The lowest BCUT2D eigenvalue weighted by Gasteiger charge is -2.15. The molecule has 6 nitrogen and oxygen atoms in total. The zero-order valence-electron chi connectivity index (χ0n) is 10.4. The SMILES string of the molecule is CC1CCNC1C(=O)Nc1cc(F)ccc1[N+](=O)[O-]. The lowest BCUT2D eigenvalue weighted by Crippen LogP contribution is -2.39. The van der Waals surface area contributed by atoms with Gasteiger partial charge in [-0.3, -0.25) is 14.9 Å². The first-order chi connectivity index (χ1) is 8.99. The average Bonchev–Trinajstić information content (AvgIpc) is 2.75. The van der Waals surface area contributed by atoms with Crippen LogP contribution in [-0.4, -0.2) is 23.4 Å². The molecule has 2 rings (SSSR count). The second-order valence-electron chi connectivity index (χ2n) is 4.61. The number of carbonyl (C=O) groups excluding carboxylic acids is 1. The minimum atomic E-state index is -0.652. The van der Waals surface area contributed by atoms with E-state index in [0.29, 0.717) is 0 Å². The van der Waals surface area contributed by atoms with E-state index in [2.05, 4.69) is 10.6 Å². The lowest BCUT2D eigenvalue weighted by molar-refractivity contribution is -0.384. The Hall–Kier alpha value is -2.02. The minimum Gasteiger partial charge on any atom is -0.319 e. The van der Waals surface area contributed by atoms with Crippen LogP contribution in [-0.2, 0) is 4.79 Å². The number of nitrogens with one attached hydrogen (secondary N) is 2. The molecule has 102 valence electrons. The van der Waals surface area contributed by atoms with E-state index in [4.69, 9.17) is 0 Å². The third-order valence-electron chi connectivity index (χ3n) is 3.23. The second kappa shape index (κ2) is 5.31. The Bertz CT molecular complexity index is 521. The number of halogens is 1. The van der Waals surface area contributed by atoms with Crippen molar-refractivity contribution < 1.29 is 14.1 Å². The van der Waals surface area contributed by atoms with E-state index in [1.165, 1.54) is 0 Å². The Balaban J connectivity index is 2.20. The van der Waals surface area contributed by atoms with Crippen LogP contribution in [0.1, 0.15) is 13.3 Å². The Labute approximate surface area is 109 Å². The van der Waals surface area contributed by atoms with Gasteiger partial charge in [-0.25, -0.2) is 4.39 Å². The van der Waals surface area contributed by atoms with Gasteiger partial charge in [-0.15, -0.1) is 0 Å². The van der Waals surface area contributed by atoms with Crippen LogP contribution in [0, 0.1) is 21.8 Å². The highest BCUT2D eigenvalue weighted by Crippen LogP contribution is 2.26. The summed E-state index contributed by atoms with van der Waals surface area (Å²) in [5.74, 6) is -0.861. The summed E-state index contributed by atoms with van der Waals surface area (Å²) in [7, 11) is 0. The number of hydrogen-bond acceptors (Lipinski definition) is 4. The monoisotopic (exact) mass is 267 g/mol. The van der Waals surface area contributed by atoms with Crippen molar-refractivity contribution in [2.24, 2.45) is 5.92 Å². The smallest absolute Gasteiger partial charge is 0.292 e. The van der Waals surface area contributed by atoms with Gasteiger partial charge in [0.15, 0.2) is 0 Å². The first-order valence-corrected chi connectivity index (χ1v) is 5.97. The van der Waals surface area contributed by atoms with Crippen LogP contribution >= 0.6 is 0 Å². The third kappa shape index (κ3) is 2.87. The van der Waals surface area contributed by atoms with Gasteiger partial charge in [0.05, 0.1) is 11.0 Å².